The minimum atomic E-state index is -1.24. The number of ether oxygens (including phenoxy) is 4. The van der Waals surface area contributed by atoms with Crippen LogP contribution in [-0.4, -0.2) is 88.5 Å². The first kappa shape index (κ1) is 31.5. The summed E-state index contributed by atoms with van der Waals surface area (Å²) >= 11 is 0. The SMILES string of the molecule is CCOC(=O)C1=C(C=O)C(=CCn2ccnc2N2CNC3C(=O)NC(N)NC32)c2c(OC)c3c(c(CO)c2O1)OC(C(C)(C)O)C3. The first-order chi connectivity index (χ1) is 22.0. The quantitative estimate of drug-likeness (QED) is 0.143. The third-order valence-corrected chi connectivity index (χ3v) is 8.44. The molecule has 2 fully saturated rings. The van der Waals surface area contributed by atoms with Crippen LogP contribution in [0.15, 0.2) is 29.8 Å². The molecular formula is C30H37N7O9. The molecular weight excluding hydrogens is 602 g/mol. The number of aromatic nitrogens is 2. The summed E-state index contributed by atoms with van der Waals surface area (Å²) in [5.41, 5.74) is 6.10. The fraction of sp³-hybridized carbons (Fsp3) is 0.467. The van der Waals surface area contributed by atoms with Gasteiger partial charge < -0.3 is 43.9 Å². The highest BCUT2D eigenvalue weighted by Crippen LogP contribution is 2.54. The van der Waals surface area contributed by atoms with Crippen LogP contribution in [0.1, 0.15) is 37.5 Å². The Morgan fingerprint density at radius 3 is 2.78 bits per heavy atom. The standard InChI is InChI=1S/C30H37N7O9/c1-5-44-27(41)24-16(11-38)14(6-8-36-9-7-32-29(36)37-13-33-20-25(37)34-28(31)35-26(20)40)19-22(43-4)15-10-18(30(2,3)42)45-21(15)17(12-39)23(19)46-24/h6-7,9,11,18,20,25,28,33-34,39,42H,5,8,10,12-13,31H2,1-4H3,(H,35,40). The summed E-state index contributed by atoms with van der Waals surface area (Å²) in [5.74, 6) is -0.287. The van der Waals surface area contributed by atoms with Gasteiger partial charge in [-0.15, -0.1) is 0 Å². The Morgan fingerprint density at radius 1 is 1.33 bits per heavy atom. The number of nitrogens with zero attached hydrogens (tertiary/aromatic N) is 3. The predicted molar refractivity (Wildman–Crippen MR) is 161 cm³/mol. The van der Waals surface area contributed by atoms with E-state index in [9.17, 15) is 24.6 Å². The largest absolute Gasteiger partial charge is 0.496 e. The van der Waals surface area contributed by atoms with Crippen molar-refractivity contribution in [2.75, 3.05) is 25.3 Å². The van der Waals surface area contributed by atoms with Gasteiger partial charge in [-0.1, -0.05) is 6.08 Å². The molecule has 46 heavy (non-hydrogen) atoms. The van der Waals surface area contributed by atoms with Gasteiger partial charge in [-0.25, -0.2) is 9.78 Å². The van der Waals surface area contributed by atoms with Crippen LogP contribution in [0.2, 0.25) is 0 Å². The minimum absolute atomic E-state index is 0.0284. The van der Waals surface area contributed by atoms with E-state index >= 15 is 0 Å². The van der Waals surface area contributed by atoms with Crippen molar-refractivity contribution in [3.63, 3.8) is 0 Å². The van der Waals surface area contributed by atoms with Crippen LogP contribution < -0.4 is 40.8 Å². The van der Waals surface area contributed by atoms with E-state index in [1.165, 1.54) is 7.11 Å². The van der Waals surface area contributed by atoms with Gasteiger partial charge in [0.1, 0.15) is 41.8 Å². The number of carbonyl (C=O) groups excluding carboxylic acids is 3. The Kier molecular flexibility index (Phi) is 8.24. The molecule has 2 aromatic rings. The number of aliphatic hydroxyl groups excluding tert-OH is 1. The summed E-state index contributed by atoms with van der Waals surface area (Å²) < 4.78 is 25.1. The van der Waals surface area contributed by atoms with Crippen LogP contribution in [-0.2, 0) is 38.7 Å². The summed E-state index contributed by atoms with van der Waals surface area (Å²) in [6, 6.07) is -0.555. The maximum atomic E-state index is 13.1. The number of amides is 1. The van der Waals surface area contributed by atoms with Gasteiger partial charge in [0.15, 0.2) is 6.29 Å². The van der Waals surface area contributed by atoms with E-state index in [2.05, 4.69) is 20.9 Å². The molecule has 7 N–H and O–H groups in total. The van der Waals surface area contributed by atoms with Crippen molar-refractivity contribution < 1.29 is 43.5 Å². The van der Waals surface area contributed by atoms with E-state index in [0.717, 1.165) is 0 Å². The maximum Gasteiger partial charge on any atom is 0.375 e. The highest BCUT2D eigenvalue weighted by Gasteiger charge is 2.45. The fourth-order valence-electron chi connectivity index (χ4n) is 6.27. The molecule has 0 radical (unpaired) electrons. The van der Waals surface area contributed by atoms with Gasteiger partial charge in [-0.2, -0.15) is 0 Å². The zero-order valence-electron chi connectivity index (χ0n) is 25.8. The van der Waals surface area contributed by atoms with Crippen LogP contribution in [0.5, 0.6) is 17.2 Å². The molecule has 1 aromatic heterocycles. The summed E-state index contributed by atoms with van der Waals surface area (Å²) in [4.78, 5) is 44.7. The number of allylic oxidation sites excluding steroid dienone is 3. The second-order valence-electron chi connectivity index (χ2n) is 11.7. The van der Waals surface area contributed by atoms with Crippen molar-refractivity contribution in [3.05, 3.63) is 46.5 Å². The zero-order valence-corrected chi connectivity index (χ0v) is 25.8. The van der Waals surface area contributed by atoms with Crippen LogP contribution in [0.4, 0.5) is 5.95 Å². The number of nitrogens with two attached hydrogens (primary N) is 1. The molecule has 6 rings (SSSR count). The van der Waals surface area contributed by atoms with E-state index in [-0.39, 0.29) is 53.9 Å². The lowest BCUT2D eigenvalue weighted by Crippen LogP contribution is -2.70. The number of nitrogens with one attached hydrogen (secondary N) is 3. The molecule has 0 aliphatic carbocycles. The van der Waals surface area contributed by atoms with E-state index in [4.69, 9.17) is 24.7 Å². The first-order valence-electron chi connectivity index (χ1n) is 14.9. The highest BCUT2D eigenvalue weighted by atomic mass is 16.6. The highest BCUT2D eigenvalue weighted by molar-refractivity contribution is 6.10. The molecule has 246 valence electrons. The van der Waals surface area contributed by atoms with Gasteiger partial charge in [0.25, 0.3) is 0 Å². The van der Waals surface area contributed by atoms with Gasteiger partial charge >= 0.3 is 5.97 Å². The Labute approximate surface area is 264 Å². The number of esters is 1. The number of fused-ring (bicyclic) bond motifs is 3. The predicted octanol–water partition coefficient (Wildman–Crippen LogP) is -1.03. The lowest BCUT2D eigenvalue weighted by Gasteiger charge is -2.35. The van der Waals surface area contributed by atoms with E-state index < -0.39 is 42.8 Å². The zero-order chi connectivity index (χ0) is 32.9. The molecule has 16 heteroatoms. The van der Waals surface area contributed by atoms with E-state index in [0.29, 0.717) is 41.4 Å². The number of aldehydes is 1. The van der Waals surface area contributed by atoms with Crippen LogP contribution in [0.25, 0.3) is 5.57 Å². The van der Waals surface area contributed by atoms with Crippen LogP contribution >= 0.6 is 0 Å². The molecule has 16 nitrogen and oxygen atoms in total. The molecule has 0 saturated carbocycles. The van der Waals surface area contributed by atoms with Crippen molar-refractivity contribution in [1.29, 1.82) is 0 Å². The molecule has 4 aliphatic rings. The molecule has 1 aromatic carbocycles. The normalized spacial score (nSPS) is 24.5. The average molecular weight is 640 g/mol. The van der Waals surface area contributed by atoms with Crippen LogP contribution in [0, 0.1) is 0 Å². The van der Waals surface area contributed by atoms with Crippen molar-refractivity contribution in [2.45, 2.75) is 70.5 Å². The van der Waals surface area contributed by atoms with Gasteiger partial charge in [-0.3, -0.25) is 26.0 Å². The number of imidazole rings is 1. The summed E-state index contributed by atoms with van der Waals surface area (Å²) in [5, 5.41) is 30.3. The number of hydrogen-bond donors (Lipinski definition) is 6. The second-order valence-corrected chi connectivity index (χ2v) is 11.7. The molecule has 1 amide bonds. The second kappa shape index (κ2) is 12.0. The number of carbonyl (C=O) groups is 3. The van der Waals surface area contributed by atoms with Gasteiger partial charge in [-0.05, 0) is 20.8 Å². The summed E-state index contributed by atoms with van der Waals surface area (Å²) in [7, 11) is 1.46. The molecule has 0 bridgehead atoms. The average Bonchev–Trinajstić information content (AvgIpc) is 3.76. The number of benzene rings is 1. The topological polar surface area (TPSA) is 212 Å². The number of rotatable bonds is 9. The third kappa shape index (κ3) is 5.17. The minimum Gasteiger partial charge on any atom is -0.496 e. The monoisotopic (exact) mass is 639 g/mol. The molecule has 4 aliphatic heterocycles. The molecule has 2 saturated heterocycles. The number of aliphatic hydroxyl groups is 2. The maximum absolute atomic E-state index is 13.1. The molecule has 4 unspecified atom stereocenters. The first-order valence-corrected chi connectivity index (χ1v) is 14.9. The van der Waals surface area contributed by atoms with Crippen molar-refractivity contribution in [3.8, 4) is 17.2 Å². The summed E-state index contributed by atoms with van der Waals surface area (Å²) in [6.45, 7) is 4.81. The smallest absolute Gasteiger partial charge is 0.375 e. The van der Waals surface area contributed by atoms with Crippen molar-refractivity contribution in [1.82, 2.24) is 25.5 Å². The lowest BCUT2D eigenvalue weighted by molar-refractivity contribution is -0.141. The number of anilines is 1. The van der Waals surface area contributed by atoms with Gasteiger partial charge in [0.2, 0.25) is 17.6 Å². The van der Waals surface area contributed by atoms with Gasteiger partial charge in [0, 0.05) is 36.5 Å². The number of methoxy groups -OCH3 is 1. The number of hydrogen-bond acceptors (Lipinski definition) is 14. The van der Waals surface area contributed by atoms with Crippen molar-refractivity contribution >= 4 is 29.7 Å². The van der Waals surface area contributed by atoms with E-state index in [1.807, 2.05) is 4.90 Å². The Bertz CT molecular complexity index is 1640. The summed E-state index contributed by atoms with van der Waals surface area (Å²) in [6.07, 6.45) is 3.95. The van der Waals surface area contributed by atoms with E-state index in [1.54, 1.807) is 43.8 Å². The van der Waals surface area contributed by atoms with Crippen LogP contribution in [0.3, 0.4) is 0 Å². The lowest BCUT2D eigenvalue weighted by atomic mass is 9.87. The molecule has 4 atom stereocenters. The third-order valence-electron chi connectivity index (χ3n) is 8.44. The van der Waals surface area contributed by atoms with Gasteiger partial charge in [0.05, 0.1) is 49.3 Å². The van der Waals surface area contributed by atoms with Crippen molar-refractivity contribution in [2.24, 2.45) is 5.73 Å². The molecule has 5 heterocycles. The Morgan fingerprint density at radius 2 is 2.11 bits per heavy atom. The molecule has 0 spiro atoms. The fourth-order valence-corrected chi connectivity index (χ4v) is 6.27. The Hall–Kier alpha value is -4.48. The Balaban J connectivity index is 1.47.